The molecular formula is C18H27N. The van der Waals surface area contributed by atoms with E-state index in [0.29, 0.717) is 6.04 Å². The standard InChI is InChI=1S/C18H27N/c1-18(2,3)19-15-9-5-8-12-17(19)14-13-16-10-6-4-7-11-16/h4,6-7,10-11,13-14,17H,5,8-9,12,15H2,1-3H3/b14-13+. The maximum atomic E-state index is 2.67. The van der Waals surface area contributed by atoms with Gasteiger partial charge in [-0.05, 0) is 45.7 Å². The fourth-order valence-electron chi connectivity index (χ4n) is 2.95. The highest BCUT2D eigenvalue weighted by atomic mass is 15.2. The van der Waals surface area contributed by atoms with Crippen molar-refractivity contribution < 1.29 is 0 Å². The summed E-state index contributed by atoms with van der Waals surface area (Å²) in [4.78, 5) is 2.67. The van der Waals surface area contributed by atoms with E-state index in [9.17, 15) is 0 Å². The van der Waals surface area contributed by atoms with Crippen molar-refractivity contribution >= 4 is 6.08 Å². The summed E-state index contributed by atoms with van der Waals surface area (Å²) >= 11 is 0. The van der Waals surface area contributed by atoms with Crippen molar-refractivity contribution in [3.05, 3.63) is 42.0 Å². The Hall–Kier alpha value is -1.08. The van der Waals surface area contributed by atoms with Crippen LogP contribution in [-0.4, -0.2) is 23.0 Å². The summed E-state index contributed by atoms with van der Waals surface area (Å²) in [5, 5.41) is 0. The maximum Gasteiger partial charge on any atom is 0.0286 e. The van der Waals surface area contributed by atoms with Crippen molar-refractivity contribution in [2.75, 3.05) is 6.54 Å². The summed E-state index contributed by atoms with van der Waals surface area (Å²) in [5.41, 5.74) is 1.57. The molecular weight excluding hydrogens is 230 g/mol. The largest absolute Gasteiger partial charge is 0.292 e. The SMILES string of the molecule is CC(C)(C)N1CCCCCC1/C=C/c1ccccc1. The molecule has 1 atom stereocenters. The first-order valence-corrected chi connectivity index (χ1v) is 7.57. The molecule has 1 aliphatic rings. The Morgan fingerprint density at radius 2 is 1.79 bits per heavy atom. The van der Waals surface area contributed by atoms with E-state index < -0.39 is 0 Å². The molecule has 0 saturated carbocycles. The van der Waals surface area contributed by atoms with Gasteiger partial charge in [-0.25, -0.2) is 0 Å². The number of hydrogen-bond donors (Lipinski definition) is 0. The third-order valence-corrected chi connectivity index (χ3v) is 3.97. The molecule has 0 aromatic heterocycles. The van der Waals surface area contributed by atoms with Crippen LogP contribution in [0.2, 0.25) is 0 Å². The predicted molar refractivity (Wildman–Crippen MR) is 84.2 cm³/mol. The Kier molecular flexibility index (Phi) is 4.81. The molecule has 1 saturated heterocycles. The Labute approximate surface area is 118 Å². The van der Waals surface area contributed by atoms with E-state index >= 15 is 0 Å². The quantitative estimate of drug-likeness (QED) is 0.739. The first-order chi connectivity index (χ1) is 9.07. The number of nitrogens with zero attached hydrogens (tertiary/aromatic N) is 1. The van der Waals surface area contributed by atoms with Crippen LogP contribution >= 0.6 is 0 Å². The van der Waals surface area contributed by atoms with Gasteiger partial charge in [0.2, 0.25) is 0 Å². The summed E-state index contributed by atoms with van der Waals surface area (Å²) in [6.07, 6.45) is 10.1. The lowest BCUT2D eigenvalue weighted by molar-refractivity contribution is 0.108. The van der Waals surface area contributed by atoms with Crippen molar-refractivity contribution in [2.24, 2.45) is 0 Å². The molecule has 0 N–H and O–H groups in total. The number of likely N-dealkylation sites (tertiary alicyclic amines) is 1. The molecule has 1 heteroatoms. The monoisotopic (exact) mass is 257 g/mol. The highest BCUT2D eigenvalue weighted by Crippen LogP contribution is 2.26. The van der Waals surface area contributed by atoms with Crippen molar-refractivity contribution in [3.8, 4) is 0 Å². The van der Waals surface area contributed by atoms with Crippen LogP contribution in [-0.2, 0) is 0 Å². The van der Waals surface area contributed by atoms with Crippen molar-refractivity contribution in [1.82, 2.24) is 4.90 Å². The summed E-state index contributed by atoms with van der Waals surface area (Å²) in [5.74, 6) is 0. The molecule has 0 spiro atoms. The van der Waals surface area contributed by atoms with E-state index in [4.69, 9.17) is 0 Å². The lowest BCUT2D eigenvalue weighted by Gasteiger charge is -2.39. The lowest BCUT2D eigenvalue weighted by atomic mass is 10.0. The number of hydrogen-bond acceptors (Lipinski definition) is 1. The van der Waals surface area contributed by atoms with Gasteiger partial charge in [0.1, 0.15) is 0 Å². The van der Waals surface area contributed by atoms with E-state index in [0.717, 1.165) is 0 Å². The van der Waals surface area contributed by atoms with Crippen LogP contribution in [0.4, 0.5) is 0 Å². The Bertz CT molecular complexity index is 399. The second-order valence-corrected chi connectivity index (χ2v) is 6.55. The molecule has 1 fully saturated rings. The molecule has 2 rings (SSSR count). The minimum Gasteiger partial charge on any atom is -0.292 e. The predicted octanol–water partition coefficient (Wildman–Crippen LogP) is 4.74. The van der Waals surface area contributed by atoms with Crippen LogP contribution in [0.1, 0.15) is 52.0 Å². The van der Waals surface area contributed by atoms with Crippen molar-refractivity contribution in [3.63, 3.8) is 0 Å². The molecule has 1 unspecified atom stereocenters. The molecule has 1 aromatic rings. The fourth-order valence-corrected chi connectivity index (χ4v) is 2.95. The molecule has 1 nitrogen and oxygen atoms in total. The van der Waals surface area contributed by atoms with Gasteiger partial charge in [0, 0.05) is 11.6 Å². The van der Waals surface area contributed by atoms with Crippen LogP contribution in [0.3, 0.4) is 0 Å². The molecule has 1 aliphatic heterocycles. The average molecular weight is 257 g/mol. The van der Waals surface area contributed by atoms with E-state index in [1.165, 1.54) is 37.8 Å². The average Bonchev–Trinajstić information content (AvgIpc) is 2.62. The maximum absolute atomic E-state index is 2.67. The summed E-state index contributed by atoms with van der Waals surface area (Å²) in [6.45, 7) is 8.23. The van der Waals surface area contributed by atoms with Gasteiger partial charge in [-0.3, -0.25) is 4.90 Å². The summed E-state index contributed by atoms with van der Waals surface area (Å²) in [7, 11) is 0. The zero-order valence-corrected chi connectivity index (χ0v) is 12.6. The van der Waals surface area contributed by atoms with Crippen LogP contribution in [0, 0.1) is 0 Å². The summed E-state index contributed by atoms with van der Waals surface area (Å²) in [6, 6.07) is 11.2. The van der Waals surface area contributed by atoms with Gasteiger partial charge in [0.15, 0.2) is 0 Å². The molecule has 19 heavy (non-hydrogen) atoms. The first-order valence-electron chi connectivity index (χ1n) is 7.57. The molecule has 1 heterocycles. The van der Waals surface area contributed by atoms with Gasteiger partial charge in [-0.2, -0.15) is 0 Å². The summed E-state index contributed by atoms with van der Waals surface area (Å²) < 4.78 is 0. The van der Waals surface area contributed by atoms with Gasteiger partial charge in [0.05, 0.1) is 0 Å². The van der Waals surface area contributed by atoms with E-state index in [1.54, 1.807) is 0 Å². The van der Waals surface area contributed by atoms with E-state index in [1.807, 2.05) is 0 Å². The van der Waals surface area contributed by atoms with E-state index in [-0.39, 0.29) is 5.54 Å². The topological polar surface area (TPSA) is 3.24 Å². The highest BCUT2D eigenvalue weighted by molar-refractivity contribution is 5.49. The van der Waals surface area contributed by atoms with Gasteiger partial charge >= 0.3 is 0 Å². The fraction of sp³-hybridized carbons (Fsp3) is 0.556. The normalized spacial score (nSPS) is 22.6. The lowest BCUT2D eigenvalue weighted by Crippen LogP contribution is -2.47. The van der Waals surface area contributed by atoms with Gasteiger partial charge in [0.25, 0.3) is 0 Å². The second kappa shape index (κ2) is 6.38. The molecule has 0 bridgehead atoms. The second-order valence-electron chi connectivity index (χ2n) is 6.55. The minimum atomic E-state index is 0.260. The van der Waals surface area contributed by atoms with Gasteiger partial charge in [-0.1, -0.05) is 55.3 Å². The third-order valence-electron chi connectivity index (χ3n) is 3.97. The minimum absolute atomic E-state index is 0.260. The van der Waals surface area contributed by atoms with E-state index in [2.05, 4.69) is 68.2 Å². The molecule has 0 aliphatic carbocycles. The zero-order valence-electron chi connectivity index (χ0n) is 12.6. The molecule has 104 valence electrons. The third kappa shape index (κ3) is 4.21. The Morgan fingerprint density at radius 1 is 1.05 bits per heavy atom. The zero-order chi connectivity index (χ0) is 13.7. The van der Waals surface area contributed by atoms with Gasteiger partial charge < -0.3 is 0 Å². The smallest absolute Gasteiger partial charge is 0.0286 e. The molecule has 0 radical (unpaired) electrons. The Balaban J connectivity index is 2.12. The van der Waals surface area contributed by atoms with Crippen molar-refractivity contribution in [1.29, 1.82) is 0 Å². The van der Waals surface area contributed by atoms with Crippen molar-refractivity contribution in [2.45, 2.75) is 58.0 Å². The van der Waals surface area contributed by atoms with Gasteiger partial charge in [-0.15, -0.1) is 0 Å². The number of benzene rings is 1. The van der Waals surface area contributed by atoms with Crippen LogP contribution in [0.5, 0.6) is 0 Å². The van der Waals surface area contributed by atoms with Crippen LogP contribution < -0.4 is 0 Å². The van der Waals surface area contributed by atoms with Crippen LogP contribution in [0.15, 0.2) is 36.4 Å². The highest BCUT2D eigenvalue weighted by Gasteiger charge is 2.28. The van der Waals surface area contributed by atoms with Crippen LogP contribution in [0.25, 0.3) is 6.08 Å². The Morgan fingerprint density at radius 3 is 2.47 bits per heavy atom. The first kappa shape index (κ1) is 14.3. The molecule has 0 amide bonds. The number of rotatable bonds is 2. The molecule has 1 aromatic carbocycles.